The smallest absolute Gasteiger partial charge is 0.320 e. The van der Waals surface area contributed by atoms with Gasteiger partial charge in [0.2, 0.25) is 5.91 Å². The van der Waals surface area contributed by atoms with Crippen LogP contribution in [0.2, 0.25) is 0 Å². The van der Waals surface area contributed by atoms with Gasteiger partial charge in [-0.2, -0.15) is 5.26 Å². The number of thiophene rings is 1. The van der Waals surface area contributed by atoms with Crippen LogP contribution in [-0.4, -0.2) is 41.0 Å². The number of carbonyl (C=O) groups is 2. The van der Waals surface area contributed by atoms with Gasteiger partial charge in [-0.25, -0.2) is 0 Å². The van der Waals surface area contributed by atoms with Crippen LogP contribution in [0.25, 0.3) is 0 Å². The molecule has 2 N–H and O–H groups in total. The molecule has 0 bridgehead atoms. The van der Waals surface area contributed by atoms with Gasteiger partial charge in [-0.1, -0.05) is 6.42 Å². The Bertz CT molecular complexity index is 564. The Morgan fingerprint density at radius 2 is 2.33 bits per heavy atom. The van der Waals surface area contributed by atoms with Gasteiger partial charge in [-0.3, -0.25) is 14.5 Å². The van der Waals surface area contributed by atoms with Gasteiger partial charge in [0.25, 0.3) is 0 Å². The van der Waals surface area contributed by atoms with Crippen molar-refractivity contribution in [1.82, 2.24) is 4.90 Å². The average molecular weight is 307 g/mol. The summed E-state index contributed by atoms with van der Waals surface area (Å²) in [5.74, 6) is -1.01. The molecular weight excluding hydrogens is 290 g/mol. The first kappa shape index (κ1) is 15.5. The number of aliphatic carboxylic acids is 1. The second-order valence-electron chi connectivity index (χ2n) is 4.96. The van der Waals surface area contributed by atoms with Crippen molar-refractivity contribution in [3.63, 3.8) is 0 Å². The number of hydrogen-bond acceptors (Lipinski definition) is 5. The quantitative estimate of drug-likeness (QED) is 0.866. The van der Waals surface area contributed by atoms with Crippen molar-refractivity contribution in [2.75, 3.05) is 18.4 Å². The van der Waals surface area contributed by atoms with Crippen molar-refractivity contribution in [1.29, 1.82) is 5.26 Å². The molecule has 1 aliphatic rings. The number of anilines is 1. The van der Waals surface area contributed by atoms with E-state index in [0.717, 1.165) is 12.8 Å². The number of carbonyl (C=O) groups excluding carboxylic acids is 1. The molecule has 0 radical (unpaired) electrons. The lowest BCUT2D eigenvalue weighted by Crippen LogP contribution is -2.45. The van der Waals surface area contributed by atoms with Crippen LogP contribution in [0.5, 0.6) is 0 Å². The standard InChI is InChI=1S/C14H17N3O3S/c15-9-10-5-8-21-13(10)16-12(18)4-7-17-6-2-1-3-11(17)14(19)20/h5,8,11H,1-4,6-7H2,(H,16,18)(H,19,20). The number of likely N-dealkylation sites (tertiary alicyclic amines) is 1. The number of hydrogen-bond donors (Lipinski definition) is 2. The topological polar surface area (TPSA) is 93.4 Å². The van der Waals surface area contributed by atoms with E-state index in [9.17, 15) is 14.7 Å². The maximum Gasteiger partial charge on any atom is 0.320 e. The summed E-state index contributed by atoms with van der Waals surface area (Å²) in [7, 11) is 0. The maximum absolute atomic E-state index is 11.9. The second kappa shape index (κ2) is 7.20. The molecule has 1 saturated heterocycles. The Morgan fingerprint density at radius 1 is 1.52 bits per heavy atom. The first-order valence-corrected chi connectivity index (χ1v) is 7.74. The maximum atomic E-state index is 11.9. The fourth-order valence-corrected chi connectivity index (χ4v) is 3.22. The zero-order chi connectivity index (χ0) is 15.2. The minimum Gasteiger partial charge on any atom is -0.480 e. The molecule has 21 heavy (non-hydrogen) atoms. The molecule has 1 fully saturated rings. The van der Waals surface area contributed by atoms with Gasteiger partial charge in [0.1, 0.15) is 17.1 Å². The van der Waals surface area contributed by atoms with E-state index in [4.69, 9.17) is 5.26 Å². The van der Waals surface area contributed by atoms with Crippen molar-refractivity contribution in [3.8, 4) is 6.07 Å². The highest BCUT2D eigenvalue weighted by Crippen LogP contribution is 2.22. The third-order valence-electron chi connectivity index (χ3n) is 3.56. The number of carboxylic acids is 1. The molecule has 2 heterocycles. The van der Waals surface area contributed by atoms with E-state index in [1.54, 1.807) is 11.4 Å². The SMILES string of the molecule is N#Cc1ccsc1NC(=O)CCN1CCCCC1C(=O)O. The Morgan fingerprint density at radius 3 is 3.05 bits per heavy atom. The molecule has 2 rings (SSSR count). The van der Waals surface area contributed by atoms with Crippen LogP contribution in [0.15, 0.2) is 11.4 Å². The molecule has 1 aromatic heterocycles. The van der Waals surface area contributed by atoms with Gasteiger partial charge in [0.15, 0.2) is 0 Å². The van der Waals surface area contributed by atoms with E-state index in [2.05, 4.69) is 5.32 Å². The molecule has 0 saturated carbocycles. The van der Waals surface area contributed by atoms with Crippen LogP contribution in [-0.2, 0) is 9.59 Å². The lowest BCUT2D eigenvalue weighted by molar-refractivity contribution is -0.144. The third-order valence-corrected chi connectivity index (χ3v) is 4.39. The number of nitriles is 1. The van der Waals surface area contributed by atoms with Crippen LogP contribution in [0.1, 0.15) is 31.2 Å². The van der Waals surface area contributed by atoms with Gasteiger partial charge in [-0.15, -0.1) is 11.3 Å². The van der Waals surface area contributed by atoms with Crippen molar-refractivity contribution < 1.29 is 14.7 Å². The summed E-state index contributed by atoms with van der Waals surface area (Å²) in [4.78, 5) is 24.9. The zero-order valence-corrected chi connectivity index (χ0v) is 12.4. The van der Waals surface area contributed by atoms with Crippen LogP contribution in [0.3, 0.4) is 0 Å². The summed E-state index contributed by atoms with van der Waals surface area (Å²) >= 11 is 1.31. The molecule has 6 nitrogen and oxygen atoms in total. The van der Waals surface area contributed by atoms with Crippen molar-refractivity contribution in [2.45, 2.75) is 31.7 Å². The third kappa shape index (κ3) is 4.03. The fourth-order valence-electron chi connectivity index (χ4n) is 2.47. The molecular formula is C14H17N3O3S. The first-order chi connectivity index (χ1) is 10.1. The second-order valence-corrected chi connectivity index (χ2v) is 5.88. The van der Waals surface area contributed by atoms with Crippen molar-refractivity contribution in [2.24, 2.45) is 0 Å². The Balaban J connectivity index is 1.86. The van der Waals surface area contributed by atoms with E-state index < -0.39 is 12.0 Å². The molecule has 1 amide bonds. The Hall–Kier alpha value is -1.91. The number of carboxylic acid groups (broad SMARTS) is 1. The summed E-state index contributed by atoms with van der Waals surface area (Å²) in [5, 5.41) is 23.1. The predicted molar refractivity (Wildman–Crippen MR) is 79.1 cm³/mol. The lowest BCUT2D eigenvalue weighted by atomic mass is 10.0. The highest BCUT2D eigenvalue weighted by molar-refractivity contribution is 7.14. The van der Waals surface area contributed by atoms with Gasteiger partial charge < -0.3 is 10.4 Å². The minimum atomic E-state index is -0.819. The Labute approximate surface area is 127 Å². The average Bonchev–Trinajstić information content (AvgIpc) is 2.92. The van der Waals surface area contributed by atoms with Gasteiger partial charge in [0.05, 0.1) is 5.56 Å². The normalized spacial score (nSPS) is 18.9. The molecule has 1 atom stereocenters. The van der Waals surface area contributed by atoms with Gasteiger partial charge in [-0.05, 0) is 30.8 Å². The zero-order valence-electron chi connectivity index (χ0n) is 11.5. The summed E-state index contributed by atoms with van der Waals surface area (Å²) < 4.78 is 0. The lowest BCUT2D eigenvalue weighted by Gasteiger charge is -2.32. The van der Waals surface area contributed by atoms with Crippen LogP contribution in [0.4, 0.5) is 5.00 Å². The summed E-state index contributed by atoms with van der Waals surface area (Å²) in [6.07, 6.45) is 2.75. The molecule has 1 aromatic rings. The fraction of sp³-hybridized carbons (Fsp3) is 0.500. The van der Waals surface area contributed by atoms with E-state index >= 15 is 0 Å². The molecule has 1 unspecified atom stereocenters. The summed E-state index contributed by atoms with van der Waals surface area (Å²) in [6.45, 7) is 1.14. The number of nitrogens with one attached hydrogen (secondary N) is 1. The molecule has 112 valence electrons. The van der Waals surface area contributed by atoms with E-state index in [-0.39, 0.29) is 12.3 Å². The Kier molecular flexibility index (Phi) is 5.31. The largest absolute Gasteiger partial charge is 0.480 e. The molecule has 0 aliphatic carbocycles. The van der Waals surface area contributed by atoms with Crippen molar-refractivity contribution in [3.05, 3.63) is 17.0 Å². The van der Waals surface area contributed by atoms with Crippen LogP contribution >= 0.6 is 11.3 Å². The predicted octanol–water partition coefficient (Wildman–Crippen LogP) is 1.89. The minimum absolute atomic E-state index is 0.191. The number of amides is 1. The van der Waals surface area contributed by atoms with Gasteiger partial charge in [0, 0.05) is 13.0 Å². The highest BCUT2D eigenvalue weighted by Gasteiger charge is 2.28. The molecule has 0 aromatic carbocycles. The van der Waals surface area contributed by atoms with Crippen LogP contribution in [0, 0.1) is 11.3 Å². The van der Waals surface area contributed by atoms with Crippen molar-refractivity contribution >= 4 is 28.2 Å². The number of rotatable bonds is 5. The highest BCUT2D eigenvalue weighted by atomic mass is 32.1. The monoisotopic (exact) mass is 307 g/mol. The number of nitrogens with zero attached hydrogens (tertiary/aromatic N) is 2. The van der Waals surface area contributed by atoms with E-state index in [0.29, 0.717) is 30.1 Å². The first-order valence-electron chi connectivity index (χ1n) is 6.86. The van der Waals surface area contributed by atoms with Crippen LogP contribution < -0.4 is 5.32 Å². The number of piperidine rings is 1. The molecule has 0 spiro atoms. The van der Waals surface area contributed by atoms with Gasteiger partial charge >= 0.3 is 5.97 Å². The summed E-state index contributed by atoms with van der Waals surface area (Å²) in [5.41, 5.74) is 0.453. The van der Waals surface area contributed by atoms with E-state index in [1.165, 1.54) is 11.3 Å². The molecule has 7 heteroatoms. The molecule has 1 aliphatic heterocycles. The summed E-state index contributed by atoms with van der Waals surface area (Å²) in [6, 6.07) is 3.19. The van der Waals surface area contributed by atoms with E-state index in [1.807, 2.05) is 11.0 Å².